The van der Waals surface area contributed by atoms with Gasteiger partial charge in [-0.2, -0.15) is 0 Å². The first-order valence-corrected chi connectivity index (χ1v) is 7.37. The van der Waals surface area contributed by atoms with Gasteiger partial charge in [-0.1, -0.05) is 35.3 Å². The molecule has 0 saturated heterocycles. The lowest BCUT2D eigenvalue weighted by atomic mass is 9.99. The van der Waals surface area contributed by atoms with E-state index < -0.39 is 6.09 Å². The van der Waals surface area contributed by atoms with E-state index in [9.17, 15) is 4.79 Å². The van der Waals surface area contributed by atoms with Crippen molar-refractivity contribution >= 4 is 29.3 Å². The van der Waals surface area contributed by atoms with E-state index in [2.05, 4.69) is 5.32 Å². The van der Waals surface area contributed by atoms with Crippen LogP contribution in [0.1, 0.15) is 23.6 Å². The summed E-state index contributed by atoms with van der Waals surface area (Å²) >= 11 is 12.1. The maximum Gasteiger partial charge on any atom is 0.405 e. The number of carbonyl (C=O) groups is 1. The van der Waals surface area contributed by atoms with Crippen LogP contribution in [0.2, 0.25) is 10.0 Å². The lowest BCUT2D eigenvalue weighted by Crippen LogP contribution is -2.24. The van der Waals surface area contributed by atoms with Crippen molar-refractivity contribution in [3.63, 3.8) is 0 Å². The van der Waals surface area contributed by atoms with Crippen LogP contribution >= 0.6 is 23.2 Å². The molecule has 1 aliphatic rings. The Labute approximate surface area is 132 Å². The third-order valence-corrected chi connectivity index (χ3v) is 4.15. The summed E-state index contributed by atoms with van der Waals surface area (Å²) in [6.45, 7) is 0. The number of halogens is 2. The summed E-state index contributed by atoms with van der Waals surface area (Å²) in [5, 5.41) is 12.6. The molecule has 1 amide bonds. The minimum absolute atomic E-state index is 0.146. The van der Waals surface area contributed by atoms with Gasteiger partial charge in [-0.05, 0) is 59.4 Å². The number of nitrogens with one attached hydrogen (secondary N) is 1. The number of hydrogen-bond acceptors (Lipinski definition) is 1. The van der Waals surface area contributed by atoms with Crippen molar-refractivity contribution in [1.29, 1.82) is 0 Å². The Balaban J connectivity index is 2.00. The molecule has 0 radical (unpaired) electrons. The van der Waals surface area contributed by atoms with Gasteiger partial charge in [0.2, 0.25) is 0 Å². The van der Waals surface area contributed by atoms with Gasteiger partial charge >= 0.3 is 6.09 Å². The zero-order valence-corrected chi connectivity index (χ0v) is 12.6. The Morgan fingerprint density at radius 3 is 2.48 bits per heavy atom. The van der Waals surface area contributed by atoms with Gasteiger partial charge in [0.15, 0.2) is 0 Å². The van der Waals surface area contributed by atoms with Gasteiger partial charge < -0.3 is 10.4 Å². The molecule has 21 heavy (non-hydrogen) atoms. The Kier molecular flexibility index (Phi) is 3.79. The van der Waals surface area contributed by atoms with Gasteiger partial charge in [0, 0.05) is 10.0 Å². The Hall–Kier alpha value is -1.71. The van der Waals surface area contributed by atoms with Gasteiger partial charge in [0.05, 0.1) is 6.04 Å². The highest BCUT2D eigenvalue weighted by Gasteiger charge is 2.24. The van der Waals surface area contributed by atoms with Crippen LogP contribution in [0.15, 0.2) is 36.4 Å². The summed E-state index contributed by atoms with van der Waals surface area (Å²) in [5.74, 6) is 0. The summed E-state index contributed by atoms with van der Waals surface area (Å²) in [6.07, 6.45) is 0.683. The van der Waals surface area contributed by atoms with Crippen molar-refractivity contribution in [2.24, 2.45) is 0 Å². The van der Waals surface area contributed by atoms with Crippen LogP contribution in [0.4, 0.5) is 4.79 Å². The molecule has 0 fully saturated rings. The lowest BCUT2D eigenvalue weighted by Gasteiger charge is -2.13. The molecule has 108 valence electrons. The molecule has 0 spiro atoms. The average Bonchev–Trinajstić information content (AvgIpc) is 2.79. The molecule has 5 heteroatoms. The number of amides is 1. The van der Waals surface area contributed by atoms with Gasteiger partial charge in [0.1, 0.15) is 0 Å². The number of benzene rings is 2. The largest absolute Gasteiger partial charge is 0.465 e. The summed E-state index contributed by atoms with van der Waals surface area (Å²) in [5.41, 5.74) is 4.13. The molecule has 0 saturated carbocycles. The quantitative estimate of drug-likeness (QED) is 0.825. The Morgan fingerprint density at radius 2 is 1.81 bits per heavy atom. The van der Waals surface area contributed by atoms with E-state index in [4.69, 9.17) is 28.3 Å². The van der Waals surface area contributed by atoms with E-state index in [0.29, 0.717) is 10.0 Å². The van der Waals surface area contributed by atoms with E-state index in [1.807, 2.05) is 30.3 Å². The van der Waals surface area contributed by atoms with Crippen LogP contribution in [-0.4, -0.2) is 11.2 Å². The molecule has 0 bridgehead atoms. The summed E-state index contributed by atoms with van der Waals surface area (Å²) < 4.78 is 0. The van der Waals surface area contributed by atoms with Crippen molar-refractivity contribution < 1.29 is 9.90 Å². The second-order valence-electron chi connectivity index (χ2n) is 5.11. The predicted octanol–water partition coefficient (Wildman–Crippen LogP) is 4.92. The summed E-state index contributed by atoms with van der Waals surface area (Å²) in [6, 6.07) is 11.3. The van der Waals surface area contributed by atoms with Gasteiger partial charge in [-0.3, -0.25) is 0 Å². The number of hydrogen-bond donors (Lipinski definition) is 2. The number of carboxylic acid groups (broad SMARTS) is 1. The molecular weight excluding hydrogens is 309 g/mol. The van der Waals surface area contributed by atoms with Crippen molar-refractivity contribution in [3.8, 4) is 11.1 Å². The molecule has 0 heterocycles. The first-order valence-electron chi connectivity index (χ1n) is 6.61. The molecule has 3 nitrogen and oxygen atoms in total. The van der Waals surface area contributed by atoms with E-state index in [1.54, 1.807) is 6.07 Å². The van der Waals surface area contributed by atoms with E-state index in [0.717, 1.165) is 29.5 Å². The number of fused-ring (bicyclic) bond motifs is 1. The monoisotopic (exact) mass is 321 g/mol. The first kappa shape index (κ1) is 14.2. The fraction of sp³-hybridized carbons (Fsp3) is 0.188. The highest BCUT2D eigenvalue weighted by molar-refractivity contribution is 6.35. The normalized spacial score (nSPS) is 16.6. The molecule has 1 aliphatic carbocycles. The van der Waals surface area contributed by atoms with E-state index in [-0.39, 0.29) is 6.04 Å². The fourth-order valence-electron chi connectivity index (χ4n) is 2.80. The Morgan fingerprint density at radius 1 is 1.10 bits per heavy atom. The first-order chi connectivity index (χ1) is 10.0. The van der Waals surface area contributed by atoms with Crippen molar-refractivity contribution in [1.82, 2.24) is 5.32 Å². The second-order valence-corrected chi connectivity index (χ2v) is 5.99. The molecule has 2 aromatic rings. The number of aryl methyl sites for hydroxylation is 1. The Bertz CT molecular complexity index is 695. The van der Waals surface area contributed by atoms with Crippen molar-refractivity contribution in [2.45, 2.75) is 18.9 Å². The molecular formula is C16H13Cl2NO2. The van der Waals surface area contributed by atoms with Crippen LogP contribution in [0.3, 0.4) is 0 Å². The molecule has 0 aromatic heterocycles. The van der Waals surface area contributed by atoms with Crippen LogP contribution in [0, 0.1) is 0 Å². The number of rotatable bonds is 2. The molecule has 2 N–H and O–H groups in total. The van der Waals surface area contributed by atoms with Gasteiger partial charge in [0.25, 0.3) is 0 Å². The zero-order valence-electron chi connectivity index (χ0n) is 11.1. The summed E-state index contributed by atoms with van der Waals surface area (Å²) in [7, 11) is 0. The lowest BCUT2D eigenvalue weighted by molar-refractivity contribution is 0.190. The molecule has 2 aromatic carbocycles. The van der Waals surface area contributed by atoms with E-state index >= 15 is 0 Å². The maximum absolute atomic E-state index is 10.9. The minimum atomic E-state index is -0.996. The summed E-state index contributed by atoms with van der Waals surface area (Å²) in [4.78, 5) is 10.9. The van der Waals surface area contributed by atoms with Gasteiger partial charge in [-0.15, -0.1) is 0 Å². The SMILES string of the molecule is O=C(O)NC1CCc2ccc(-c3cc(Cl)cc(Cl)c3)cc21. The fourth-order valence-corrected chi connectivity index (χ4v) is 3.33. The molecule has 3 rings (SSSR count). The maximum atomic E-state index is 10.9. The highest BCUT2D eigenvalue weighted by atomic mass is 35.5. The smallest absolute Gasteiger partial charge is 0.405 e. The van der Waals surface area contributed by atoms with Gasteiger partial charge in [-0.25, -0.2) is 4.79 Å². The average molecular weight is 322 g/mol. The van der Waals surface area contributed by atoms with Crippen LogP contribution in [0.25, 0.3) is 11.1 Å². The van der Waals surface area contributed by atoms with E-state index in [1.165, 1.54) is 5.56 Å². The topological polar surface area (TPSA) is 49.3 Å². The molecule has 1 unspecified atom stereocenters. The zero-order chi connectivity index (χ0) is 15.0. The standard InChI is InChI=1S/C16H13Cl2NO2/c17-12-5-11(6-13(18)8-12)10-2-1-9-3-4-15(14(9)7-10)19-16(20)21/h1-2,5-8,15,19H,3-4H2,(H,20,21). The van der Waals surface area contributed by atoms with Crippen molar-refractivity contribution in [2.75, 3.05) is 0 Å². The molecule has 1 atom stereocenters. The highest BCUT2D eigenvalue weighted by Crippen LogP contribution is 2.35. The van der Waals surface area contributed by atoms with Crippen molar-refractivity contribution in [3.05, 3.63) is 57.6 Å². The second kappa shape index (κ2) is 5.58. The molecule has 0 aliphatic heterocycles. The third kappa shape index (κ3) is 2.99. The minimum Gasteiger partial charge on any atom is -0.465 e. The third-order valence-electron chi connectivity index (χ3n) is 3.72. The van der Waals surface area contributed by atoms with Crippen LogP contribution in [0.5, 0.6) is 0 Å². The van der Waals surface area contributed by atoms with Crippen LogP contribution in [-0.2, 0) is 6.42 Å². The predicted molar refractivity (Wildman–Crippen MR) is 84.1 cm³/mol. The van der Waals surface area contributed by atoms with Crippen LogP contribution < -0.4 is 5.32 Å².